The molecule has 0 aliphatic carbocycles. The standard InChI is InChI=1S/C17H14ClNO5S/c18-13-8-4-7-12(9-13)15-14(20)16(17(19)23-15)24-25(21,22)10-11-5-2-1-3-6-11/h1-9,15H,10,19H2/i15D. The Balaban J connectivity index is 1.85. The minimum absolute atomic E-state index is 0.108. The quantitative estimate of drug-likeness (QED) is 0.801. The van der Waals surface area contributed by atoms with E-state index in [1.54, 1.807) is 36.4 Å². The fraction of sp³-hybridized carbons (Fsp3) is 0.118. The van der Waals surface area contributed by atoms with Crippen LogP contribution in [-0.4, -0.2) is 14.2 Å². The lowest BCUT2D eigenvalue weighted by Gasteiger charge is -2.10. The van der Waals surface area contributed by atoms with Gasteiger partial charge in [-0.25, -0.2) is 0 Å². The summed E-state index contributed by atoms with van der Waals surface area (Å²) in [6, 6.07) is 14.2. The first-order chi connectivity index (χ1) is 12.2. The van der Waals surface area contributed by atoms with Gasteiger partial charge >= 0.3 is 10.1 Å². The normalized spacial score (nSPS) is 21.0. The lowest BCUT2D eigenvalue weighted by molar-refractivity contribution is -0.123. The molecule has 1 aliphatic heterocycles. The SMILES string of the molecule is [2H]C1(c2cccc(Cl)c2)OC(N)=C(OS(=O)(=O)Cc2ccccc2)C1=O. The number of hydrogen-bond acceptors (Lipinski definition) is 6. The summed E-state index contributed by atoms with van der Waals surface area (Å²) in [6.07, 6.45) is -2.26. The van der Waals surface area contributed by atoms with E-state index < -0.39 is 39.4 Å². The minimum atomic E-state index is -4.17. The Morgan fingerprint density at radius 1 is 1.20 bits per heavy atom. The van der Waals surface area contributed by atoms with Crippen molar-refractivity contribution in [3.05, 3.63) is 82.4 Å². The molecule has 0 spiro atoms. The summed E-state index contributed by atoms with van der Waals surface area (Å²) in [6.45, 7) is 0. The summed E-state index contributed by atoms with van der Waals surface area (Å²) in [7, 11) is -4.17. The molecule has 2 N–H and O–H groups in total. The summed E-state index contributed by atoms with van der Waals surface area (Å²) in [4.78, 5) is 12.6. The Morgan fingerprint density at radius 3 is 2.60 bits per heavy atom. The maximum atomic E-state index is 12.6. The van der Waals surface area contributed by atoms with Crippen LogP contribution in [0.2, 0.25) is 5.02 Å². The molecule has 130 valence electrons. The van der Waals surface area contributed by atoms with Crippen molar-refractivity contribution in [3.63, 3.8) is 0 Å². The average Bonchev–Trinajstić information content (AvgIpc) is 2.79. The van der Waals surface area contributed by atoms with Crippen molar-refractivity contribution in [2.45, 2.75) is 11.8 Å². The molecule has 0 aromatic heterocycles. The third kappa shape index (κ3) is 3.94. The molecule has 0 saturated carbocycles. The summed E-state index contributed by atoms with van der Waals surface area (Å²) in [5, 5.41) is 0.287. The van der Waals surface area contributed by atoms with Crippen molar-refractivity contribution in [2.24, 2.45) is 5.73 Å². The first kappa shape index (κ1) is 16.0. The second-order valence-corrected chi connectivity index (χ2v) is 7.24. The van der Waals surface area contributed by atoms with E-state index in [0.717, 1.165) is 0 Å². The number of carbonyl (C=O) groups is 1. The van der Waals surface area contributed by atoms with Crippen LogP contribution in [0, 0.1) is 0 Å². The van der Waals surface area contributed by atoms with Gasteiger partial charge in [-0.15, -0.1) is 0 Å². The number of halogens is 1. The molecule has 1 atom stereocenters. The first-order valence-electron chi connectivity index (χ1n) is 7.67. The second kappa shape index (κ2) is 6.78. The number of ether oxygens (including phenoxy) is 1. The summed E-state index contributed by atoms with van der Waals surface area (Å²) >= 11 is 5.88. The summed E-state index contributed by atoms with van der Waals surface area (Å²) in [5.74, 6) is -2.76. The summed E-state index contributed by atoms with van der Waals surface area (Å²) in [5.41, 5.74) is 6.20. The topological polar surface area (TPSA) is 95.7 Å². The van der Waals surface area contributed by atoms with Gasteiger partial charge in [-0.3, -0.25) is 4.79 Å². The highest BCUT2D eigenvalue weighted by Crippen LogP contribution is 2.33. The van der Waals surface area contributed by atoms with Crippen LogP contribution < -0.4 is 5.73 Å². The van der Waals surface area contributed by atoms with Gasteiger partial charge in [-0.05, 0) is 17.7 Å². The fourth-order valence-corrected chi connectivity index (χ4v) is 3.51. The second-order valence-electron chi connectivity index (χ2n) is 5.23. The smallest absolute Gasteiger partial charge is 0.313 e. The molecule has 2 aromatic carbocycles. The van der Waals surface area contributed by atoms with Crippen molar-refractivity contribution in [3.8, 4) is 0 Å². The number of rotatable bonds is 5. The molecule has 1 heterocycles. The molecule has 8 heteroatoms. The van der Waals surface area contributed by atoms with Crippen LogP contribution in [0.4, 0.5) is 0 Å². The average molecular weight is 381 g/mol. The highest BCUT2D eigenvalue weighted by molar-refractivity contribution is 7.86. The highest BCUT2D eigenvalue weighted by atomic mass is 35.5. The van der Waals surface area contributed by atoms with Crippen LogP contribution in [0.1, 0.15) is 18.6 Å². The number of nitrogens with two attached hydrogens (primary N) is 1. The molecule has 0 radical (unpaired) electrons. The molecule has 2 aromatic rings. The van der Waals surface area contributed by atoms with Gasteiger partial charge in [0, 0.05) is 10.6 Å². The number of Topliss-reactive ketones (excluding diaryl/α,β-unsaturated/α-hetero) is 1. The van der Waals surface area contributed by atoms with E-state index in [1.807, 2.05) is 0 Å². The van der Waals surface area contributed by atoms with Crippen LogP contribution in [0.3, 0.4) is 0 Å². The molecule has 0 bridgehead atoms. The Morgan fingerprint density at radius 2 is 1.92 bits per heavy atom. The maximum Gasteiger partial charge on any atom is 0.313 e. The number of ketones is 1. The van der Waals surface area contributed by atoms with E-state index >= 15 is 0 Å². The van der Waals surface area contributed by atoms with Crippen LogP contribution >= 0.6 is 11.6 Å². The van der Waals surface area contributed by atoms with Gasteiger partial charge in [0.1, 0.15) is 5.75 Å². The molecular formula is C17H14ClNO5S. The van der Waals surface area contributed by atoms with Crippen molar-refractivity contribution < 1.29 is 23.5 Å². The largest absolute Gasteiger partial charge is 0.460 e. The first-order valence-corrected chi connectivity index (χ1v) is 9.12. The zero-order chi connectivity index (χ0) is 18.9. The predicted octanol–water partition coefficient (Wildman–Crippen LogP) is 2.65. The Kier molecular flexibility index (Phi) is 4.33. The monoisotopic (exact) mass is 380 g/mol. The van der Waals surface area contributed by atoms with E-state index in [4.69, 9.17) is 27.6 Å². The maximum absolute atomic E-state index is 12.6. The fourth-order valence-electron chi connectivity index (χ4n) is 2.25. The third-order valence-electron chi connectivity index (χ3n) is 3.33. The van der Waals surface area contributed by atoms with Gasteiger partial charge in [-0.1, -0.05) is 54.1 Å². The van der Waals surface area contributed by atoms with Gasteiger partial charge in [0.15, 0.2) is 6.08 Å². The molecule has 1 unspecified atom stereocenters. The van der Waals surface area contributed by atoms with E-state index in [1.165, 1.54) is 18.2 Å². The molecule has 3 rings (SSSR count). The molecule has 0 saturated heterocycles. The molecule has 1 aliphatic rings. The van der Waals surface area contributed by atoms with Crippen LogP contribution in [0.25, 0.3) is 0 Å². The predicted molar refractivity (Wildman–Crippen MR) is 91.6 cm³/mol. The molecule has 0 amide bonds. The number of carbonyl (C=O) groups excluding carboxylic acids is 1. The molecular weight excluding hydrogens is 366 g/mol. The van der Waals surface area contributed by atoms with Gasteiger partial charge in [-0.2, -0.15) is 8.42 Å². The van der Waals surface area contributed by atoms with Crippen molar-refractivity contribution in [1.82, 2.24) is 0 Å². The minimum Gasteiger partial charge on any atom is -0.460 e. The van der Waals surface area contributed by atoms with E-state index in [-0.39, 0.29) is 10.6 Å². The molecule has 6 nitrogen and oxygen atoms in total. The Labute approximate surface area is 151 Å². The van der Waals surface area contributed by atoms with Gasteiger partial charge in [0.05, 0.1) is 1.37 Å². The van der Waals surface area contributed by atoms with E-state index in [0.29, 0.717) is 5.56 Å². The van der Waals surface area contributed by atoms with Crippen molar-refractivity contribution in [2.75, 3.05) is 0 Å². The number of hydrogen-bond donors (Lipinski definition) is 1. The zero-order valence-corrected chi connectivity index (χ0v) is 14.4. The summed E-state index contributed by atoms with van der Waals surface area (Å²) < 4.78 is 42.8. The number of benzene rings is 2. The molecule has 0 fully saturated rings. The third-order valence-corrected chi connectivity index (χ3v) is 4.67. The van der Waals surface area contributed by atoms with Gasteiger partial charge in [0.25, 0.3) is 0 Å². The van der Waals surface area contributed by atoms with Crippen LogP contribution in [0.5, 0.6) is 0 Å². The van der Waals surface area contributed by atoms with Crippen LogP contribution in [-0.2, 0) is 29.6 Å². The lowest BCUT2D eigenvalue weighted by atomic mass is 10.1. The van der Waals surface area contributed by atoms with Crippen molar-refractivity contribution in [1.29, 1.82) is 0 Å². The zero-order valence-electron chi connectivity index (χ0n) is 13.8. The Hall–Kier alpha value is -2.51. The van der Waals surface area contributed by atoms with Gasteiger partial charge < -0.3 is 14.7 Å². The van der Waals surface area contributed by atoms with E-state index in [2.05, 4.69) is 0 Å². The van der Waals surface area contributed by atoms with Crippen molar-refractivity contribution >= 4 is 27.5 Å². The Bertz CT molecular complexity index is 993. The lowest BCUT2D eigenvalue weighted by Crippen LogP contribution is -2.16. The molecule has 25 heavy (non-hydrogen) atoms. The highest BCUT2D eigenvalue weighted by Gasteiger charge is 2.39. The van der Waals surface area contributed by atoms with Crippen LogP contribution in [0.15, 0.2) is 66.2 Å². The van der Waals surface area contributed by atoms with E-state index in [9.17, 15) is 13.2 Å². The van der Waals surface area contributed by atoms with Gasteiger partial charge in [0.2, 0.25) is 17.4 Å².